The van der Waals surface area contributed by atoms with Gasteiger partial charge in [-0.25, -0.2) is 9.97 Å². The van der Waals surface area contributed by atoms with Crippen LogP contribution >= 0.6 is 0 Å². The Balaban J connectivity index is 1.74. The highest BCUT2D eigenvalue weighted by molar-refractivity contribution is 5.68. The molecule has 0 fully saturated rings. The number of nitrogens with zero attached hydrogens (tertiary/aromatic N) is 2. The van der Waals surface area contributed by atoms with Crippen LogP contribution in [0.1, 0.15) is 17.2 Å². The zero-order valence-electron chi connectivity index (χ0n) is 13.4. The largest absolute Gasteiger partial charge is 0.456 e. The molecule has 2 aromatic carbocycles. The highest BCUT2D eigenvalue weighted by atomic mass is 16.3. The lowest BCUT2D eigenvalue weighted by molar-refractivity contribution is 0.219. The van der Waals surface area contributed by atoms with Gasteiger partial charge in [0, 0.05) is 29.1 Å². The van der Waals surface area contributed by atoms with Crippen molar-refractivity contribution in [3.8, 4) is 22.6 Å². The molecule has 4 nitrogen and oxygen atoms in total. The number of hydrogen-bond acceptors (Lipinski definition) is 4. The molecule has 4 aromatic rings. The van der Waals surface area contributed by atoms with Crippen molar-refractivity contribution in [3.63, 3.8) is 0 Å². The van der Waals surface area contributed by atoms with Gasteiger partial charge in [-0.1, -0.05) is 54.6 Å². The maximum Gasteiger partial charge on any atom is 0.135 e. The molecule has 25 heavy (non-hydrogen) atoms. The second-order valence-corrected chi connectivity index (χ2v) is 5.69. The first-order chi connectivity index (χ1) is 12.3. The Bertz CT molecular complexity index is 965. The van der Waals surface area contributed by atoms with Crippen LogP contribution in [0.15, 0.2) is 89.9 Å². The van der Waals surface area contributed by atoms with Gasteiger partial charge in [-0.05, 0) is 17.7 Å². The number of rotatable bonds is 4. The third-order valence-corrected chi connectivity index (χ3v) is 4.08. The van der Waals surface area contributed by atoms with Crippen molar-refractivity contribution in [3.05, 3.63) is 96.6 Å². The van der Waals surface area contributed by atoms with Gasteiger partial charge < -0.3 is 9.52 Å². The van der Waals surface area contributed by atoms with Crippen LogP contribution in [0.5, 0.6) is 0 Å². The standard InChI is InChI=1S/C21H16N2O2/c24-21(16-12-22-14-23-13-16)18-9-5-4-8-17(18)20-11-10-19(25-20)15-6-2-1-3-7-15/h1-14,21,24H. The molecule has 0 radical (unpaired) electrons. The second-order valence-electron chi connectivity index (χ2n) is 5.69. The Kier molecular flexibility index (Phi) is 4.11. The van der Waals surface area contributed by atoms with E-state index in [4.69, 9.17) is 4.42 Å². The van der Waals surface area contributed by atoms with Crippen LogP contribution in [0.4, 0.5) is 0 Å². The monoisotopic (exact) mass is 328 g/mol. The molecule has 0 saturated heterocycles. The summed E-state index contributed by atoms with van der Waals surface area (Å²) in [6, 6.07) is 21.5. The summed E-state index contributed by atoms with van der Waals surface area (Å²) in [7, 11) is 0. The van der Waals surface area contributed by atoms with E-state index in [2.05, 4.69) is 9.97 Å². The summed E-state index contributed by atoms with van der Waals surface area (Å²) < 4.78 is 6.04. The van der Waals surface area contributed by atoms with Gasteiger partial charge in [-0.2, -0.15) is 0 Å². The molecule has 4 rings (SSSR count). The summed E-state index contributed by atoms with van der Waals surface area (Å²) in [6.45, 7) is 0. The van der Waals surface area contributed by atoms with Gasteiger partial charge in [0.2, 0.25) is 0 Å². The van der Waals surface area contributed by atoms with Crippen molar-refractivity contribution in [2.24, 2.45) is 0 Å². The fourth-order valence-corrected chi connectivity index (χ4v) is 2.83. The quantitative estimate of drug-likeness (QED) is 0.600. The number of aliphatic hydroxyl groups is 1. The number of benzene rings is 2. The zero-order chi connectivity index (χ0) is 17.1. The van der Waals surface area contributed by atoms with E-state index in [1.165, 1.54) is 6.33 Å². The lowest BCUT2D eigenvalue weighted by Gasteiger charge is -2.14. The molecule has 1 N–H and O–H groups in total. The van der Waals surface area contributed by atoms with E-state index in [1.54, 1.807) is 12.4 Å². The number of furan rings is 1. The van der Waals surface area contributed by atoms with Crippen molar-refractivity contribution in [2.75, 3.05) is 0 Å². The topological polar surface area (TPSA) is 59.2 Å². The minimum absolute atomic E-state index is 0.643. The van der Waals surface area contributed by atoms with Crippen molar-refractivity contribution in [1.29, 1.82) is 0 Å². The lowest BCUT2D eigenvalue weighted by atomic mass is 9.97. The highest BCUT2D eigenvalue weighted by Crippen LogP contribution is 2.34. The molecule has 4 heteroatoms. The van der Waals surface area contributed by atoms with Crippen molar-refractivity contribution < 1.29 is 9.52 Å². The van der Waals surface area contributed by atoms with E-state index in [9.17, 15) is 5.11 Å². The third kappa shape index (κ3) is 3.07. The molecule has 0 amide bonds. The molecular formula is C21H16N2O2. The summed E-state index contributed by atoms with van der Waals surface area (Å²) in [5, 5.41) is 10.7. The average Bonchev–Trinajstić information content (AvgIpc) is 3.19. The number of hydrogen-bond donors (Lipinski definition) is 1. The predicted octanol–water partition coefficient (Wildman–Crippen LogP) is 4.49. The van der Waals surface area contributed by atoms with E-state index in [1.807, 2.05) is 66.7 Å². The summed E-state index contributed by atoms with van der Waals surface area (Å²) in [5.41, 5.74) is 3.26. The lowest BCUT2D eigenvalue weighted by Crippen LogP contribution is -2.02. The normalized spacial score (nSPS) is 12.0. The van der Waals surface area contributed by atoms with E-state index < -0.39 is 6.10 Å². The fraction of sp³-hybridized carbons (Fsp3) is 0.0476. The van der Waals surface area contributed by atoms with E-state index >= 15 is 0 Å². The van der Waals surface area contributed by atoms with Gasteiger partial charge in [0.15, 0.2) is 0 Å². The minimum atomic E-state index is -0.817. The summed E-state index contributed by atoms with van der Waals surface area (Å²) >= 11 is 0. The SMILES string of the molecule is OC(c1cncnc1)c1ccccc1-c1ccc(-c2ccccc2)o1. The molecule has 0 spiro atoms. The maximum atomic E-state index is 10.7. The van der Waals surface area contributed by atoms with Gasteiger partial charge in [-0.15, -0.1) is 0 Å². The first-order valence-electron chi connectivity index (χ1n) is 8.00. The van der Waals surface area contributed by atoms with Gasteiger partial charge >= 0.3 is 0 Å². The summed E-state index contributed by atoms with van der Waals surface area (Å²) in [6.07, 6.45) is 3.86. The molecule has 2 heterocycles. The minimum Gasteiger partial charge on any atom is -0.456 e. The van der Waals surface area contributed by atoms with Crippen LogP contribution in [0.3, 0.4) is 0 Å². The molecule has 0 bridgehead atoms. The van der Waals surface area contributed by atoms with Crippen molar-refractivity contribution in [1.82, 2.24) is 9.97 Å². The van der Waals surface area contributed by atoms with Crippen LogP contribution in [0.2, 0.25) is 0 Å². The second kappa shape index (κ2) is 6.71. The van der Waals surface area contributed by atoms with E-state index in [0.29, 0.717) is 11.3 Å². The van der Waals surface area contributed by atoms with Crippen LogP contribution in [0.25, 0.3) is 22.6 Å². The molecule has 1 unspecified atom stereocenters. The Morgan fingerprint density at radius 1 is 0.760 bits per heavy atom. The first kappa shape index (κ1) is 15.3. The average molecular weight is 328 g/mol. The van der Waals surface area contributed by atoms with Crippen LogP contribution < -0.4 is 0 Å². The molecule has 122 valence electrons. The molecular weight excluding hydrogens is 312 g/mol. The van der Waals surface area contributed by atoms with Gasteiger partial charge in [0.1, 0.15) is 24.0 Å². The van der Waals surface area contributed by atoms with Gasteiger partial charge in [0.25, 0.3) is 0 Å². The third-order valence-electron chi connectivity index (χ3n) is 4.08. The van der Waals surface area contributed by atoms with Crippen molar-refractivity contribution >= 4 is 0 Å². The van der Waals surface area contributed by atoms with Crippen LogP contribution in [-0.2, 0) is 0 Å². The molecule has 0 saturated carbocycles. The van der Waals surface area contributed by atoms with Gasteiger partial charge in [-0.3, -0.25) is 0 Å². The molecule has 1 atom stereocenters. The van der Waals surface area contributed by atoms with E-state index in [-0.39, 0.29) is 0 Å². The summed E-state index contributed by atoms with van der Waals surface area (Å²) in [4.78, 5) is 7.97. The molecule has 2 aromatic heterocycles. The highest BCUT2D eigenvalue weighted by Gasteiger charge is 2.18. The number of aliphatic hydroxyl groups excluding tert-OH is 1. The Morgan fingerprint density at radius 3 is 2.24 bits per heavy atom. The molecule has 0 aliphatic carbocycles. The Labute approximate surface area is 145 Å². The predicted molar refractivity (Wildman–Crippen MR) is 95.7 cm³/mol. The smallest absolute Gasteiger partial charge is 0.135 e. The number of aromatic nitrogens is 2. The fourth-order valence-electron chi connectivity index (χ4n) is 2.83. The summed E-state index contributed by atoms with van der Waals surface area (Å²) in [5.74, 6) is 1.51. The van der Waals surface area contributed by atoms with Gasteiger partial charge in [0.05, 0.1) is 0 Å². The Morgan fingerprint density at radius 2 is 1.44 bits per heavy atom. The first-order valence-corrected chi connectivity index (χ1v) is 8.00. The zero-order valence-corrected chi connectivity index (χ0v) is 13.4. The molecule has 0 aliphatic rings. The molecule has 0 aliphatic heterocycles. The maximum absolute atomic E-state index is 10.7. The van der Waals surface area contributed by atoms with Crippen LogP contribution in [-0.4, -0.2) is 15.1 Å². The van der Waals surface area contributed by atoms with Crippen molar-refractivity contribution in [2.45, 2.75) is 6.10 Å². The van der Waals surface area contributed by atoms with E-state index in [0.717, 1.165) is 22.5 Å². The van der Waals surface area contributed by atoms with Crippen LogP contribution in [0, 0.1) is 0 Å². The Hall–Kier alpha value is -3.24.